The van der Waals surface area contributed by atoms with Gasteiger partial charge in [-0.2, -0.15) is 0 Å². The molecule has 0 bridgehead atoms. The number of nitrogens with one attached hydrogen (secondary N) is 1. The Morgan fingerprint density at radius 1 is 1.11 bits per heavy atom. The molecule has 1 aliphatic heterocycles. The quantitative estimate of drug-likeness (QED) is 0.765. The van der Waals surface area contributed by atoms with Gasteiger partial charge in [0.05, 0.1) is 5.56 Å². The fourth-order valence-corrected chi connectivity index (χ4v) is 3.07. The molecule has 28 heavy (non-hydrogen) atoms. The SMILES string of the molecule is NCCNC(=O)C1N(C(=O)c2cccnc2)CCN1C(=O)c1cccc(F)c1. The lowest BCUT2D eigenvalue weighted by Gasteiger charge is -2.29. The Kier molecular flexibility index (Phi) is 5.95. The van der Waals surface area contributed by atoms with E-state index in [0.29, 0.717) is 5.56 Å². The van der Waals surface area contributed by atoms with Crippen LogP contribution in [0.4, 0.5) is 4.39 Å². The number of amides is 3. The highest BCUT2D eigenvalue weighted by molar-refractivity contribution is 6.02. The summed E-state index contributed by atoms with van der Waals surface area (Å²) >= 11 is 0. The molecule has 1 aromatic heterocycles. The molecule has 1 atom stereocenters. The van der Waals surface area contributed by atoms with Crippen LogP contribution in [0.15, 0.2) is 48.8 Å². The molecule has 3 N–H and O–H groups in total. The van der Waals surface area contributed by atoms with Gasteiger partial charge in [0, 0.05) is 44.1 Å². The largest absolute Gasteiger partial charge is 0.351 e. The molecule has 1 fully saturated rings. The average Bonchev–Trinajstić information content (AvgIpc) is 3.16. The lowest BCUT2D eigenvalue weighted by Crippen LogP contribution is -2.54. The summed E-state index contributed by atoms with van der Waals surface area (Å²) in [5.74, 6) is -2.04. The molecule has 3 amide bonds. The first-order valence-corrected chi connectivity index (χ1v) is 8.78. The molecule has 1 saturated heterocycles. The van der Waals surface area contributed by atoms with Crippen LogP contribution >= 0.6 is 0 Å². The molecule has 146 valence electrons. The highest BCUT2D eigenvalue weighted by Gasteiger charge is 2.43. The molecule has 8 nitrogen and oxygen atoms in total. The van der Waals surface area contributed by atoms with Crippen molar-refractivity contribution in [3.63, 3.8) is 0 Å². The minimum atomic E-state index is -1.16. The van der Waals surface area contributed by atoms with Crippen molar-refractivity contribution in [1.82, 2.24) is 20.1 Å². The summed E-state index contributed by atoms with van der Waals surface area (Å²) in [5.41, 5.74) is 5.85. The van der Waals surface area contributed by atoms with Crippen molar-refractivity contribution in [3.05, 3.63) is 65.7 Å². The summed E-state index contributed by atoms with van der Waals surface area (Å²) in [6.45, 7) is 0.719. The summed E-state index contributed by atoms with van der Waals surface area (Å²) in [4.78, 5) is 45.0. The molecule has 9 heteroatoms. The highest BCUT2D eigenvalue weighted by atomic mass is 19.1. The third kappa shape index (κ3) is 3.99. The summed E-state index contributed by atoms with van der Waals surface area (Å²) in [6, 6.07) is 8.41. The van der Waals surface area contributed by atoms with E-state index in [1.807, 2.05) is 0 Å². The second-order valence-electron chi connectivity index (χ2n) is 6.20. The van der Waals surface area contributed by atoms with Gasteiger partial charge >= 0.3 is 0 Å². The predicted molar refractivity (Wildman–Crippen MR) is 98.6 cm³/mol. The van der Waals surface area contributed by atoms with Crippen molar-refractivity contribution in [1.29, 1.82) is 0 Å². The zero-order valence-corrected chi connectivity index (χ0v) is 15.0. The molecule has 2 aromatic rings. The number of nitrogens with zero attached hydrogens (tertiary/aromatic N) is 3. The molecule has 1 aliphatic rings. The molecule has 0 radical (unpaired) electrons. The van der Waals surface area contributed by atoms with Gasteiger partial charge in [0.25, 0.3) is 17.7 Å². The van der Waals surface area contributed by atoms with E-state index >= 15 is 0 Å². The van der Waals surface area contributed by atoms with Gasteiger partial charge in [-0.3, -0.25) is 19.4 Å². The minimum Gasteiger partial charge on any atom is -0.351 e. The Balaban J connectivity index is 1.90. The first-order valence-electron chi connectivity index (χ1n) is 8.78. The van der Waals surface area contributed by atoms with Crippen molar-refractivity contribution in [3.8, 4) is 0 Å². The normalized spacial score (nSPS) is 16.1. The van der Waals surface area contributed by atoms with Crippen molar-refractivity contribution >= 4 is 17.7 Å². The molecule has 1 aromatic carbocycles. The van der Waals surface area contributed by atoms with E-state index in [1.54, 1.807) is 12.1 Å². The lowest BCUT2D eigenvalue weighted by molar-refractivity contribution is -0.128. The summed E-state index contributed by atoms with van der Waals surface area (Å²) in [7, 11) is 0. The summed E-state index contributed by atoms with van der Waals surface area (Å²) < 4.78 is 13.5. The fraction of sp³-hybridized carbons (Fsp3) is 0.263. The zero-order valence-electron chi connectivity index (χ0n) is 15.0. The third-order valence-electron chi connectivity index (χ3n) is 4.35. The van der Waals surface area contributed by atoms with Gasteiger partial charge in [0.15, 0.2) is 6.17 Å². The lowest BCUT2D eigenvalue weighted by atomic mass is 10.2. The maximum atomic E-state index is 13.5. The zero-order chi connectivity index (χ0) is 20.1. The minimum absolute atomic E-state index is 0.104. The Morgan fingerprint density at radius 3 is 2.39 bits per heavy atom. The van der Waals surface area contributed by atoms with Crippen LogP contribution in [0.3, 0.4) is 0 Å². The van der Waals surface area contributed by atoms with Crippen molar-refractivity contribution < 1.29 is 18.8 Å². The van der Waals surface area contributed by atoms with Crippen LogP contribution in [0.5, 0.6) is 0 Å². The Morgan fingerprint density at radius 2 is 1.79 bits per heavy atom. The van der Waals surface area contributed by atoms with Crippen LogP contribution in [0, 0.1) is 5.82 Å². The van der Waals surface area contributed by atoms with E-state index in [9.17, 15) is 18.8 Å². The first kappa shape index (κ1) is 19.4. The number of halogens is 1. The van der Waals surface area contributed by atoms with Crippen LogP contribution < -0.4 is 11.1 Å². The van der Waals surface area contributed by atoms with E-state index in [0.717, 1.165) is 6.07 Å². The Bertz CT molecular complexity index is 877. The van der Waals surface area contributed by atoms with Gasteiger partial charge in [-0.1, -0.05) is 6.07 Å². The van der Waals surface area contributed by atoms with Crippen LogP contribution in [-0.2, 0) is 4.79 Å². The number of nitrogens with two attached hydrogens (primary N) is 1. The Labute approximate surface area is 161 Å². The van der Waals surface area contributed by atoms with Gasteiger partial charge in [-0.15, -0.1) is 0 Å². The first-order chi connectivity index (χ1) is 13.5. The fourth-order valence-electron chi connectivity index (χ4n) is 3.07. The molecule has 0 aliphatic carbocycles. The van der Waals surface area contributed by atoms with Gasteiger partial charge < -0.3 is 20.9 Å². The monoisotopic (exact) mass is 385 g/mol. The van der Waals surface area contributed by atoms with E-state index < -0.39 is 29.7 Å². The Hall–Kier alpha value is -3.33. The number of hydrogen-bond donors (Lipinski definition) is 2. The molecular weight excluding hydrogens is 365 g/mol. The van der Waals surface area contributed by atoms with Crippen LogP contribution in [0.1, 0.15) is 20.7 Å². The standard InChI is InChI=1S/C19H20FN5O3/c20-15-5-1-3-13(11-15)18(27)24-9-10-25(17(24)16(26)23-8-6-21)19(28)14-4-2-7-22-12-14/h1-5,7,11-12,17H,6,8-10,21H2,(H,23,26). The van der Waals surface area contributed by atoms with Gasteiger partial charge in [-0.25, -0.2) is 4.39 Å². The molecule has 1 unspecified atom stereocenters. The van der Waals surface area contributed by atoms with Crippen molar-refractivity contribution in [2.45, 2.75) is 6.17 Å². The molecule has 0 spiro atoms. The molecule has 0 saturated carbocycles. The maximum absolute atomic E-state index is 13.5. The number of hydrogen-bond acceptors (Lipinski definition) is 5. The van der Waals surface area contributed by atoms with Crippen molar-refractivity contribution in [2.75, 3.05) is 26.2 Å². The van der Waals surface area contributed by atoms with Crippen LogP contribution in [-0.4, -0.2) is 64.9 Å². The molecular formula is C19H20FN5O3. The number of carbonyl (C=O) groups excluding carboxylic acids is 3. The highest BCUT2D eigenvalue weighted by Crippen LogP contribution is 2.21. The van der Waals surface area contributed by atoms with E-state index in [4.69, 9.17) is 5.73 Å². The second kappa shape index (κ2) is 8.57. The smallest absolute Gasteiger partial charge is 0.263 e. The molecule has 3 rings (SSSR count). The summed E-state index contributed by atoms with van der Waals surface area (Å²) in [5, 5.41) is 2.62. The van der Waals surface area contributed by atoms with E-state index in [-0.39, 0.29) is 31.7 Å². The van der Waals surface area contributed by atoms with Gasteiger partial charge in [-0.05, 0) is 30.3 Å². The van der Waals surface area contributed by atoms with Gasteiger partial charge in [0.2, 0.25) is 0 Å². The van der Waals surface area contributed by atoms with Crippen LogP contribution in [0.2, 0.25) is 0 Å². The van der Waals surface area contributed by atoms with Crippen LogP contribution in [0.25, 0.3) is 0 Å². The third-order valence-corrected chi connectivity index (χ3v) is 4.35. The number of rotatable bonds is 5. The van der Waals surface area contributed by atoms with Crippen molar-refractivity contribution in [2.24, 2.45) is 5.73 Å². The topological polar surface area (TPSA) is 109 Å². The predicted octanol–water partition coefficient (Wildman–Crippen LogP) is 0.220. The van der Waals surface area contributed by atoms with E-state index in [1.165, 1.54) is 40.4 Å². The number of benzene rings is 1. The maximum Gasteiger partial charge on any atom is 0.263 e. The number of carbonyl (C=O) groups is 3. The second-order valence-corrected chi connectivity index (χ2v) is 6.20. The van der Waals surface area contributed by atoms with E-state index in [2.05, 4.69) is 10.3 Å². The number of pyridine rings is 1. The average molecular weight is 385 g/mol. The summed E-state index contributed by atoms with van der Waals surface area (Å²) in [6.07, 6.45) is 1.77. The molecule has 2 heterocycles. The van der Waals surface area contributed by atoms with Gasteiger partial charge in [0.1, 0.15) is 5.82 Å². The number of aromatic nitrogens is 1.